The Labute approximate surface area is 173 Å². The second-order valence-corrected chi connectivity index (χ2v) is 5.82. The molecule has 2 N–H and O–H groups in total. The van der Waals surface area contributed by atoms with Gasteiger partial charge in [-0.3, -0.25) is 4.99 Å². The van der Waals surface area contributed by atoms with Crippen molar-refractivity contribution in [1.82, 2.24) is 10.6 Å². The SMILES string of the molecule is CN=C(NCCOc1ccccc1)NCc1ccc(OC(C)C)cc1.I. The zero-order chi connectivity index (χ0) is 17.9. The van der Waals surface area contributed by atoms with Gasteiger partial charge in [0.25, 0.3) is 0 Å². The molecule has 0 aromatic heterocycles. The first-order valence-corrected chi connectivity index (χ1v) is 8.55. The van der Waals surface area contributed by atoms with Gasteiger partial charge in [0.05, 0.1) is 12.6 Å². The van der Waals surface area contributed by atoms with Gasteiger partial charge in [-0.15, -0.1) is 24.0 Å². The van der Waals surface area contributed by atoms with Crippen LogP contribution in [0.2, 0.25) is 0 Å². The van der Waals surface area contributed by atoms with Crippen LogP contribution < -0.4 is 20.1 Å². The van der Waals surface area contributed by atoms with Crippen molar-refractivity contribution in [1.29, 1.82) is 0 Å². The molecule has 0 heterocycles. The molecule has 0 saturated carbocycles. The van der Waals surface area contributed by atoms with Gasteiger partial charge in [-0.05, 0) is 43.7 Å². The normalized spacial score (nSPS) is 10.8. The van der Waals surface area contributed by atoms with Gasteiger partial charge in [-0.1, -0.05) is 30.3 Å². The second kappa shape index (κ2) is 12.4. The van der Waals surface area contributed by atoms with E-state index in [0.717, 1.165) is 17.5 Å². The predicted molar refractivity (Wildman–Crippen MR) is 118 cm³/mol. The van der Waals surface area contributed by atoms with Gasteiger partial charge < -0.3 is 20.1 Å². The van der Waals surface area contributed by atoms with E-state index in [1.807, 2.05) is 56.3 Å². The Balaban J connectivity index is 0.00000338. The summed E-state index contributed by atoms with van der Waals surface area (Å²) >= 11 is 0. The van der Waals surface area contributed by atoms with Gasteiger partial charge >= 0.3 is 0 Å². The van der Waals surface area contributed by atoms with Gasteiger partial charge in [-0.2, -0.15) is 0 Å². The first-order valence-electron chi connectivity index (χ1n) is 8.55. The molecule has 26 heavy (non-hydrogen) atoms. The molecule has 0 aliphatic rings. The highest BCUT2D eigenvalue weighted by atomic mass is 127. The fraction of sp³-hybridized carbons (Fsp3) is 0.350. The van der Waals surface area contributed by atoms with Gasteiger partial charge in [0.1, 0.15) is 18.1 Å². The van der Waals surface area contributed by atoms with Crippen LogP contribution in [0, 0.1) is 0 Å². The summed E-state index contributed by atoms with van der Waals surface area (Å²) in [5.41, 5.74) is 1.17. The molecular weight excluding hydrogens is 441 g/mol. The summed E-state index contributed by atoms with van der Waals surface area (Å²) < 4.78 is 11.3. The van der Waals surface area contributed by atoms with Crippen LogP contribution in [-0.4, -0.2) is 32.3 Å². The number of nitrogens with one attached hydrogen (secondary N) is 2. The molecule has 0 radical (unpaired) electrons. The number of rotatable bonds is 8. The average Bonchev–Trinajstić information content (AvgIpc) is 2.63. The molecule has 0 aliphatic carbocycles. The Morgan fingerprint density at radius 2 is 1.65 bits per heavy atom. The highest BCUT2D eigenvalue weighted by Crippen LogP contribution is 2.13. The number of ether oxygens (including phenoxy) is 2. The van der Waals surface area contributed by atoms with E-state index in [4.69, 9.17) is 9.47 Å². The molecule has 0 bridgehead atoms. The molecule has 142 valence electrons. The van der Waals surface area contributed by atoms with E-state index in [1.54, 1.807) is 7.05 Å². The smallest absolute Gasteiger partial charge is 0.191 e. The van der Waals surface area contributed by atoms with Crippen LogP contribution in [0.25, 0.3) is 0 Å². The lowest BCUT2D eigenvalue weighted by atomic mass is 10.2. The highest BCUT2D eigenvalue weighted by Gasteiger charge is 2.01. The Bertz CT molecular complexity index is 646. The maximum atomic E-state index is 5.65. The molecule has 0 fully saturated rings. The van der Waals surface area contributed by atoms with Crippen molar-refractivity contribution in [3.63, 3.8) is 0 Å². The molecular formula is C20H28IN3O2. The Kier molecular flexibility index (Phi) is 10.5. The lowest BCUT2D eigenvalue weighted by Gasteiger charge is -2.13. The van der Waals surface area contributed by atoms with Crippen molar-refractivity contribution in [3.8, 4) is 11.5 Å². The van der Waals surface area contributed by atoms with Crippen molar-refractivity contribution in [2.24, 2.45) is 4.99 Å². The zero-order valence-corrected chi connectivity index (χ0v) is 17.9. The minimum atomic E-state index is 0. The topological polar surface area (TPSA) is 54.9 Å². The first-order chi connectivity index (χ1) is 12.2. The molecule has 0 spiro atoms. The molecule has 2 aromatic carbocycles. The Morgan fingerprint density at radius 3 is 2.27 bits per heavy atom. The number of halogens is 1. The molecule has 0 atom stereocenters. The second-order valence-electron chi connectivity index (χ2n) is 5.82. The van der Waals surface area contributed by atoms with E-state index >= 15 is 0 Å². The quantitative estimate of drug-likeness (QED) is 0.267. The lowest BCUT2D eigenvalue weighted by molar-refractivity contribution is 0.242. The monoisotopic (exact) mass is 469 g/mol. The van der Waals surface area contributed by atoms with Crippen LogP contribution in [0.3, 0.4) is 0 Å². The van der Waals surface area contributed by atoms with E-state index in [2.05, 4.69) is 27.8 Å². The number of benzene rings is 2. The van der Waals surface area contributed by atoms with E-state index in [1.165, 1.54) is 5.56 Å². The summed E-state index contributed by atoms with van der Waals surface area (Å²) in [6, 6.07) is 17.9. The van der Waals surface area contributed by atoms with E-state index < -0.39 is 0 Å². The van der Waals surface area contributed by atoms with Gasteiger partial charge in [0.15, 0.2) is 5.96 Å². The number of aliphatic imine (C=N–C) groups is 1. The molecule has 0 saturated heterocycles. The molecule has 0 aliphatic heterocycles. The maximum Gasteiger partial charge on any atom is 0.191 e. The molecule has 0 amide bonds. The van der Waals surface area contributed by atoms with Crippen molar-refractivity contribution in [2.45, 2.75) is 26.5 Å². The van der Waals surface area contributed by atoms with Crippen LogP contribution in [-0.2, 0) is 6.54 Å². The number of para-hydroxylation sites is 1. The van der Waals surface area contributed by atoms with Crippen LogP contribution in [0.1, 0.15) is 19.4 Å². The van der Waals surface area contributed by atoms with Crippen LogP contribution >= 0.6 is 24.0 Å². The first kappa shape index (κ1) is 22.1. The number of guanidine groups is 1. The standard InChI is InChI=1S/C20H27N3O2.HI/c1-16(2)25-19-11-9-17(10-12-19)15-23-20(21-3)22-13-14-24-18-7-5-4-6-8-18;/h4-12,16H,13-15H2,1-3H3,(H2,21,22,23);1H. The van der Waals surface area contributed by atoms with E-state index in [0.29, 0.717) is 19.7 Å². The maximum absolute atomic E-state index is 5.65. The summed E-state index contributed by atoms with van der Waals surface area (Å²) in [6.07, 6.45) is 0.185. The summed E-state index contributed by atoms with van der Waals surface area (Å²) in [7, 11) is 1.76. The van der Waals surface area contributed by atoms with E-state index in [-0.39, 0.29) is 30.1 Å². The van der Waals surface area contributed by atoms with Gasteiger partial charge in [0.2, 0.25) is 0 Å². The third-order valence-electron chi connectivity index (χ3n) is 3.39. The molecule has 5 nitrogen and oxygen atoms in total. The molecule has 2 rings (SSSR count). The third-order valence-corrected chi connectivity index (χ3v) is 3.39. The summed E-state index contributed by atoms with van der Waals surface area (Å²) in [5.74, 6) is 2.51. The largest absolute Gasteiger partial charge is 0.492 e. The van der Waals surface area contributed by atoms with Gasteiger partial charge in [0, 0.05) is 13.6 Å². The Morgan fingerprint density at radius 1 is 0.962 bits per heavy atom. The van der Waals surface area contributed by atoms with Crippen molar-refractivity contribution in [2.75, 3.05) is 20.2 Å². The minimum absolute atomic E-state index is 0. The fourth-order valence-electron chi connectivity index (χ4n) is 2.22. The third kappa shape index (κ3) is 8.42. The van der Waals surface area contributed by atoms with Crippen LogP contribution in [0.4, 0.5) is 0 Å². The van der Waals surface area contributed by atoms with Crippen LogP contribution in [0.5, 0.6) is 11.5 Å². The summed E-state index contributed by atoms with van der Waals surface area (Å²) in [5, 5.41) is 6.52. The summed E-state index contributed by atoms with van der Waals surface area (Å²) in [4.78, 5) is 4.22. The average molecular weight is 469 g/mol. The molecule has 2 aromatic rings. The highest BCUT2D eigenvalue weighted by molar-refractivity contribution is 14.0. The van der Waals surface area contributed by atoms with Crippen molar-refractivity contribution >= 4 is 29.9 Å². The molecule has 0 unspecified atom stereocenters. The van der Waals surface area contributed by atoms with E-state index in [9.17, 15) is 0 Å². The van der Waals surface area contributed by atoms with Crippen LogP contribution in [0.15, 0.2) is 59.6 Å². The Hall–Kier alpha value is -1.96. The number of nitrogens with zero attached hydrogens (tertiary/aromatic N) is 1. The fourth-order valence-corrected chi connectivity index (χ4v) is 2.22. The van der Waals surface area contributed by atoms with Crippen molar-refractivity contribution in [3.05, 3.63) is 60.2 Å². The molecule has 6 heteroatoms. The number of hydrogen-bond acceptors (Lipinski definition) is 3. The number of hydrogen-bond donors (Lipinski definition) is 2. The predicted octanol–water partition coefficient (Wildman–Crippen LogP) is 3.84. The lowest BCUT2D eigenvalue weighted by Crippen LogP contribution is -2.38. The zero-order valence-electron chi connectivity index (χ0n) is 15.6. The van der Waals surface area contributed by atoms with Crippen molar-refractivity contribution < 1.29 is 9.47 Å². The summed E-state index contributed by atoms with van der Waals surface area (Å²) in [6.45, 7) is 5.99. The van der Waals surface area contributed by atoms with Gasteiger partial charge in [-0.25, -0.2) is 0 Å². The minimum Gasteiger partial charge on any atom is -0.492 e.